The molecule has 0 bridgehead atoms. The molecule has 0 spiro atoms. The monoisotopic (exact) mass is 165 g/mol. The van der Waals surface area contributed by atoms with E-state index in [1.165, 1.54) is 21.9 Å². The second-order valence-electron chi connectivity index (χ2n) is 2.73. The van der Waals surface area contributed by atoms with Gasteiger partial charge < -0.3 is 5.32 Å². The third-order valence-corrected chi connectivity index (χ3v) is 3.11. The van der Waals surface area contributed by atoms with Gasteiger partial charge in [0.25, 0.3) is 0 Å². The van der Waals surface area contributed by atoms with Gasteiger partial charge in [0.15, 0.2) is 0 Å². The number of benzene rings is 1. The van der Waals surface area contributed by atoms with Gasteiger partial charge in [0.1, 0.15) is 0 Å². The topological polar surface area (TPSA) is 12.0 Å². The van der Waals surface area contributed by atoms with Crippen LogP contribution < -0.4 is 5.32 Å². The molecule has 0 radical (unpaired) electrons. The molecule has 0 aliphatic carbocycles. The summed E-state index contributed by atoms with van der Waals surface area (Å²) in [5.41, 5.74) is 2.70. The van der Waals surface area contributed by atoms with Crippen LogP contribution in [0.1, 0.15) is 5.56 Å². The number of nitrogens with one attached hydrogen (secondary N) is 1. The molecule has 1 N–H and O–H groups in total. The van der Waals surface area contributed by atoms with Gasteiger partial charge in [-0.15, -0.1) is 11.8 Å². The molecule has 58 valence electrons. The van der Waals surface area contributed by atoms with Crippen molar-refractivity contribution in [3.8, 4) is 0 Å². The lowest BCUT2D eigenvalue weighted by Gasteiger charge is -2.18. The average Bonchev–Trinajstić information content (AvgIpc) is 2.06. The maximum atomic E-state index is 3.38. The first-order valence-electron chi connectivity index (χ1n) is 3.84. The van der Waals surface area contributed by atoms with E-state index in [4.69, 9.17) is 0 Å². The molecule has 0 saturated heterocycles. The molecule has 2 heteroatoms. The van der Waals surface area contributed by atoms with E-state index < -0.39 is 0 Å². The Morgan fingerprint density at radius 2 is 2.36 bits per heavy atom. The summed E-state index contributed by atoms with van der Waals surface area (Å²) in [5.74, 6) is 1.19. The van der Waals surface area contributed by atoms with Crippen molar-refractivity contribution in [1.29, 1.82) is 0 Å². The van der Waals surface area contributed by atoms with Crippen molar-refractivity contribution in [3.63, 3.8) is 0 Å². The summed E-state index contributed by atoms with van der Waals surface area (Å²) in [5, 5.41) is 3.38. The fourth-order valence-electron chi connectivity index (χ4n) is 1.32. The lowest BCUT2D eigenvalue weighted by molar-refractivity contribution is 1.14. The molecule has 0 fully saturated rings. The Hall–Kier alpha value is -0.630. The van der Waals surface area contributed by atoms with Crippen LogP contribution in [0.3, 0.4) is 0 Å². The van der Waals surface area contributed by atoms with E-state index >= 15 is 0 Å². The zero-order valence-corrected chi connectivity index (χ0v) is 7.37. The summed E-state index contributed by atoms with van der Waals surface area (Å²) in [6, 6.07) is 6.42. The molecule has 1 aromatic rings. The molecular weight excluding hydrogens is 154 g/mol. The molecule has 1 aliphatic heterocycles. The summed E-state index contributed by atoms with van der Waals surface area (Å²) in [6.45, 7) is 3.26. The van der Waals surface area contributed by atoms with Crippen molar-refractivity contribution in [1.82, 2.24) is 0 Å². The first-order chi connectivity index (χ1) is 5.38. The van der Waals surface area contributed by atoms with Crippen molar-refractivity contribution < 1.29 is 0 Å². The van der Waals surface area contributed by atoms with Crippen LogP contribution in [0, 0.1) is 6.92 Å². The second-order valence-corrected chi connectivity index (χ2v) is 3.83. The predicted molar refractivity (Wildman–Crippen MR) is 50.4 cm³/mol. The van der Waals surface area contributed by atoms with Gasteiger partial charge in [-0.3, -0.25) is 0 Å². The highest BCUT2D eigenvalue weighted by Crippen LogP contribution is 2.33. The number of rotatable bonds is 0. The lowest BCUT2D eigenvalue weighted by Crippen LogP contribution is -2.10. The Bertz CT molecular complexity index is 270. The molecule has 11 heavy (non-hydrogen) atoms. The highest BCUT2D eigenvalue weighted by molar-refractivity contribution is 7.99. The molecule has 0 saturated carbocycles. The maximum absolute atomic E-state index is 3.38. The summed E-state index contributed by atoms with van der Waals surface area (Å²) < 4.78 is 0. The summed E-state index contributed by atoms with van der Waals surface area (Å²) in [7, 11) is 0. The second kappa shape index (κ2) is 2.78. The number of hydrogen-bond acceptors (Lipinski definition) is 2. The standard InChI is InChI=1S/C9H11NS/c1-7-3-2-4-8-9(7)11-6-5-10-8/h2-4,10H,5-6H2,1H3. The van der Waals surface area contributed by atoms with Gasteiger partial charge >= 0.3 is 0 Å². The number of aryl methyl sites for hydroxylation is 1. The van der Waals surface area contributed by atoms with Gasteiger partial charge in [-0.2, -0.15) is 0 Å². The Balaban J connectivity index is 2.49. The van der Waals surface area contributed by atoms with Crippen LogP contribution in [0.4, 0.5) is 5.69 Å². The van der Waals surface area contributed by atoms with Crippen LogP contribution >= 0.6 is 11.8 Å². The molecule has 0 amide bonds. The quantitative estimate of drug-likeness (QED) is 0.634. The van der Waals surface area contributed by atoms with Crippen LogP contribution in [0.5, 0.6) is 0 Å². The van der Waals surface area contributed by atoms with Crippen LogP contribution in [-0.2, 0) is 0 Å². The molecule has 0 unspecified atom stereocenters. The largest absolute Gasteiger partial charge is 0.383 e. The van der Waals surface area contributed by atoms with Gasteiger partial charge in [0.05, 0.1) is 0 Å². The first kappa shape index (κ1) is 7.04. The predicted octanol–water partition coefficient (Wildman–Crippen LogP) is 2.51. The van der Waals surface area contributed by atoms with E-state index in [1.807, 2.05) is 11.8 Å². The van der Waals surface area contributed by atoms with Crippen molar-refractivity contribution >= 4 is 17.4 Å². The number of hydrogen-bond donors (Lipinski definition) is 1. The van der Waals surface area contributed by atoms with Crippen LogP contribution in [0.15, 0.2) is 23.1 Å². The average molecular weight is 165 g/mol. The molecular formula is C9H11NS. The normalized spacial score (nSPS) is 15.4. The van der Waals surface area contributed by atoms with Crippen molar-refractivity contribution in [2.45, 2.75) is 11.8 Å². The van der Waals surface area contributed by atoms with Gasteiger partial charge in [0, 0.05) is 22.9 Å². The smallest absolute Gasteiger partial charge is 0.0481 e. The molecule has 2 rings (SSSR count). The molecule has 1 heterocycles. The number of anilines is 1. The Morgan fingerprint density at radius 1 is 1.45 bits per heavy atom. The van der Waals surface area contributed by atoms with E-state index in [9.17, 15) is 0 Å². The summed E-state index contributed by atoms with van der Waals surface area (Å²) in [4.78, 5) is 1.43. The zero-order chi connectivity index (χ0) is 7.68. The van der Waals surface area contributed by atoms with E-state index in [-0.39, 0.29) is 0 Å². The first-order valence-corrected chi connectivity index (χ1v) is 4.83. The minimum atomic E-state index is 1.10. The van der Waals surface area contributed by atoms with E-state index in [1.54, 1.807) is 0 Å². The minimum Gasteiger partial charge on any atom is -0.383 e. The molecule has 1 aromatic carbocycles. The van der Waals surface area contributed by atoms with Crippen LogP contribution in [0.2, 0.25) is 0 Å². The summed E-state index contributed by atoms with van der Waals surface area (Å²) in [6.07, 6.45) is 0. The van der Waals surface area contributed by atoms with Crippen molar-refractivity contribution in [2.75, 3.05) is 17.6 Å². The van der Waals surface area contributed by atoms with Gasteiger partial charge in [-0.25, -0.2) is 0 Å². The number of fused-ring (bicyclic) bond motifs is 1. The lowest BCUT2D eigenvalue weighted by atomic mass is 10.2. The van der Waals surface area contributed by atoms with Gasteiger partial charge in [0.2, 0.25) is 0 Å². The molecule has 0 atom stereocenters. The maximum Gasteiger partial charge on any atom is 0.0481 e. The Kier molecular flexibility index (Phi) is 1.78. The third-order valence-electron chi connectivity index (χ3n) is 1.88. The fraction of sp³-hybridized carbons (Fsp3) is 0.333. The van der Waals surface area contributed by atoms with E-state index in [0.29, 0.717) is 0 Å². The van der Waals surface area contributed by atoms with Crippen LogP contribution in [0.25, 0.3) is 0 Å². The SMILES string of the molecule is Cc1cccc2c1SCCN2. The van der Waals surface area contributed by atoms with E-state index in [2.05, 4.69) is 30.4 Å². The Labute approximate surface area is 71.2 Å². The number of thioether (sulfide) groups is 1. The molecule has 1 aliphatic rings. The van der Waals surface area contributed by atoms with Gasteiger partial charge in [-0.1, -0.05) is 12.1 Å². The summed E-state index contributed by atoms with van der Waals surface area (Å²) >= 11 is 1.95. The van der Waals surface area contributed by atoms with Crippen LogP contribution in [-0.4, -0.2) is 12.3 Å². The van der Waals surface area contributed by atoms with E-state index in [0.717, 1.165) is 6.54 Å². The minimum absolute atomic E-state index is 1.10. The highest BCUT2D eigenvalue weighted by Gasteiger charge is 2.09. The third kappa shape index (κ3) is 1.23. The van der Waals surface area contributed by atoms with Crippen molar-refractivity contribution in [3.05, 3.63) is 23.8 Å². The highest BCUT2D eigenvalue weighted by atomic mass is 32.2. The molecule has 0 aromatic heterocycles. The van der Waals surface area contributed by atoms with Crippen molar-refractivity contribution in [2.24, 2.45) is 0 Å². The molecule has 1 nitrogen and oxygen atoms in total. The zero-order valence-electron chi connectivity index (χ0n) is 6.55. The fourth-order valence-corrected chi connectivity index (χ4v) is 2.32. The van der Waals surface area contributed by atoms with Gasteiger partial charge in [-0.05, 0) is 18.6 Å². The Morgan fingerprint density at radius 3 is 3.18 bits per heavy atom.